The molecule has 0 amide bonds. The molecule has 2 rings (SSSR count). The Morgan fingerprint density at radius 1 is 1.19 bits per heavy atom. The maximum Gasteiger partial charge on any atom is 0.343 e. The van der Waals surface area contributed by atoms with Crippen LogP contribution in [0.3, 0.4) is 0 Å². The normalized spacial score (nSPS) is 10.2. The SMILES string of the molecule is COc1ccc(OC(=O)c2ccccc2CCO)cc1O. The van der Waals surface area contributed by atoms with Crippen molar-refractivity contribution in [3.63, 3.8) is 0 Å². The van der Waals surface area contributed by atoms with Gasteiger partial charge in [0.15, 0.2) is 11.5 Å². The van der Waals surface area contributed by atoms with Gasteiger partial charge < -0.3 is 19.7 Å². The molecular weight excluding hydrogens is 272 g/mol. The summed E-state index contributed by atoms with van der Waals surface area (Å²) in [6.07, 6.45) is 0.374. The van der Waals surface area contributed by atoms with Crippen LogP contribution in [0.25, 0.3) is 0 Å². The van der Waals surface area contributed by atoms with E-state index in [0.717, 1.165) is 0 Å². The minimum Gasteiger partial charge on any atom is -0.504 e. The molecule has 0 unspecified atom stereocenters. The summed E-state index contributed by atoms with van der Waals surface area (Å²) < 4.78 is 10.2. The summed E-state index contributed by atoms with van der Waals surface area (Å²) in [5.41, 5.74) is 1.10. The molecule has 21 heavy (non-hydrogen) atoms. The maximum atomic E-state index is 12.2. The van der Waals surface area contributed by atoms with Crippen molar-refractivity contribution >= 4 is 5.97 Å². The highest BCUT2D eigenvalue weighted by Crippen LogP contribution is 2.30. The Kier molecular flexibility index (Phi) is 4.79. The number of benzene rings is 2. The van der Waals surface area contributed by atoms with Crippen molar-refractivity contribution in [2.24, 2.45) is 0 Å². The van der Waals surface area contributed by atoms with Crippen molar-refractivity contribution in [2.45, 2.75) is 6.42 Å². The quantitative estimate of drug-likeness (QED) is 0.651. The average Bonchev–Trinajstić information content (AvgIpc) is 2.48. The van der Waals surface area contributed by atoms with E-state index >= 15 is 0 Å². The Labute approximate surface area is 122 Å². The summed E-state index contributed by atoms with van der Waals surface area (Å²) >= 11 is 0. The number of phenolic OH excluding ortho intramolecular Hbond substituents is 1. The Bertz CT molecular complexity index is 636. The second-order valence-electron chi connectivity index (χ2n) is 4.35. The largest absolute Gasteiger partial charge is 0.504 e. The van der Waals surface area contributed by atoms with Crippen molar-refractivity contribution in [1.82, 2.24) is 0 Å². The standard InChI is InChI=1S/C16H16O5/c1-20-15-7-6-12(10-14(15)18)21-16(19)13-5-3-2-4-11(13)8-9-17/h2-7,10,17-18H,8-9H2,1H3. The first kappa shape index (κ1) is 14.9. The van der Waals surface area contributed by atoms with Gasteiger partial charge in [-0.05, 0) is 30.2 Å². The maximum absolute atomic E-state index is 12.2. The van der Waals surface area contributed by atoms with E-state index in [0.29, 0.717) is 23.3 Å². The van der Waals surface area contributed by atoms with Crippen LogP contribution in [0.2, 0.25) is 0 Å². The molecule has 0 fully saturated rings. The molecule has 2 aromatic rings. The van der Waals surface area contributed by atoms with E-state index < -0.39 is 5.97 Å². The van der Waals surface area contributed by atoms with Gasteiger partial charge in [-0.3, -0.25) is 0 Å². The molecule has 0 aliphatic heterocycles. The molecule has 5 nitrogen and oxygen atoms in total. The van der Waals surface area contributed by atoms with Crippen LogP contribution in [0.15, 0.2) is 42.5 Å². The zero-order chi connectivity index (χ0) is 15.2. The third-order valence-corrected chi connectivity index (χ3v) is 2.98. The molecule has 0 aliphatic carbocycles. The van der Waals surface area contributed by atoms with E-state index in [1.54, 1.807) is 24.3 Å². The molecule has 0 saturated heterocycles. The lowest BCUT2D eigenvalue weighted by atomic mass is 10.1. The average molecular weight is 288 g/mol. The van der Waals surface area contributed by atoms with Crippen LogP contribution in [-0.2, 0) is 6.42 Å². The van der Waals surface area contributed by atoms with Gasteiger partial charge in [-0.25, -0.2) is 4.79 Å². The predicted octanol–water partition coefficient (Wildman–Crippen LogP) is 2.15. The van der Waals surface area contributed by atoms with Crippen LogP contribution < -0.4 is 9.47 Å². The highest BCUT2D eigenvalue weighted by Gasteiger charge is 2.14. The summed E-state index contributed by atoms with van der Waals surface area (Å²) in [7, 11) is 1.44. The van der Waals surface area contributed by atoms with E-state index in [2.05, 4.69) is 0 Å². The number of aliphatic hydroxyl groups excluding tert-OH is 1. The van der Waals surface area contributed by atoms with Crippen molar-refractivity contribution in [3.8, 4) is 17.2 Å². The molecule has 0 heterocycles. The zero-order valence-corrected chi connectivity index (χ0v) is 11.6. The number of carbonyl (C=O) groups is 1. The first-order valence-corrected chi connectivity index (χ1v) is 6.43. The van der Waals surface area contributed by atoms with Crippen LogP contribution in [0, 0.1) is 0 Å². The lowest BCUT2D eigenvalue weighted by molar-refractivity contribution is 0.0733. The molecule has 5 heteroatoms. The fraction of sp³-hybridized carbons (Fsp3) is 0.188. The number of aliphatic hydroxyl groups is 1. The van der Waals surface area contributed by atoms with Gasteiger partial charge in [-0.1, -0.05) is 18.2 Å². The molecule has 0 aliphatic rings. The number of aromatic hydroxyl groups is 1. The van der Waals surface area contributed by atoms with Crippen LogP contribution >= 0.6 is 0 Å². The van der Waals surface area contributed by atoms with Gasteiger partial charge in [-0.2, -0.15) is 0 Å². The van der Waals surface area contributed by atoms with Gasteiger partial charge in [0.1, 0.15) is 5.75 Å². The molecule has 2 N–H and O–H groups in total. The molecule has 110 valence electrons. The molecule has 0 aromatic heterocycles. The van der Waals surface area contributed by atoms with Crippen molar-refractivity contribution < 1.29 is 24.5 Å². The van der Waals surface area contributed by atoms with Crippen LogP contribution in [0.4, 0.5) is 0 Å². The first-order chi connectivity index (χ1) is 10.2. The third kappa shape index (κ3) is 3.52. The number of ether oxygens (including phenoxy) is 2. The van der Waals surface area contributed by atoms with E-state index in [9.17, 15) is 9.90 Å². The number of esters is 1. The molecule has 0 atom stereocenters. The topological polar surface area (TPSA) is 76.0 Å². The fourth-order valence-corrected chi connectivity index (χ4v) is 1.95. The second kappa shape index (κ2) is 6.76. The van der Waals surface area contributed by atoms with Gasteiger partial charge in [0, 0.05) is 12.7 Å². The summed E-state index contributed by atoms with van der Waals surface area (Å²) in [5.74, 6) is -0.123. The molecule has 0 spiro atoms. The summed E-state index contributed by atoms with van der Waals surface area (Å²) in [6, 6.07) is 11.3. The van der Waals surface area contributed by atoms with Crippen LogP contribution in [0.1, 0.15) is 15.9 Å². The highest BCUT2D eigenvalue weighted by atomic mass is 16.5. The highest BCUT2D eigenvalue weighted by molar-refractivity contribution is 5.92. The lowest BCUT2D eigenvalue weighted by Gasteiger charge is -2.09. The van der Waals surface area contributed by atoms with Gasteiger partial charge >= 0.3 is 5.97 Å². The van der Waals surface area contributed by atoms with E-state index in [-0.39, 0.29) is 18.1 Å². The van der Waals surface area contributed by atoms with Gasteiger partial charge in [0.25, 0.3) is 0 Å². The number of methoxy groups -OCH3 is 1. The smallest absolute Gasteiger partial charge is 0.343 e. The van der Waals surface area contributed by atoms with Crippen molar-refractivity contribution in [3.05, 3.63) is 53.6 Å². The minimum atomic E-state index is -0.538. The zero-order valence-electron chi connectivity index (χ0n) is 11.6. The Hall–Kier alpha value is -2.53. The van der Waals surface area contributed by atoms with E-state index in [1.807, 2.05) is 0 Å². The molecular formula is C16H16O5. The summed E-state index contributed by atoms with van der Waals surface area (Å²) in [5, 5.41) is 18.7. The lowest BCUT2D eigenvalue weighted by Crippen LogP contribution is -2.12. The van der Waals surface area contributed by atoms with Crippen molar-refractivity contribution in [1.29, 1.82) is 0 Å². The minimum absolute atomic E-state index is 0.0480. The Balaban J connectivity index is 2.20. The van der Waals surface area contributed by atoms with Crippen molar-refractivity contribution in [2.75, 3.05) is 13.7 Å². The summed E-state index contributed by atoms with van der Waals surface area (Å²) in [6.45, 7) is -0.0480. The van der Waals surface area contributed by atoms with E-state index in [4.69, 9.17) is 14.6 Å². The van der Waals surface area contributed by atoms with Crippen LogP contribution in [0.5, 0.6) is 17.2 Å². The number of hydrogen-bond acceptors (Lipinski definition) is 5. The van der Waals surface area contributed by atoms with E-state index in [1.165, 1.54) is 25.3 Å². The molecule has 0 radical (unpaired) electrons. The first-order valence-electron chi connectivity index (χ1n) is 6.43. The molecule has 0 bridgehead atoms. The predicted molar refractivity (Wildman–Crippen MR) is 76.8 cm³/mol. The van der Waals surface area contributed by atoms with Crippen LogP contribution in [-0.4, -0.2) is 29.9 Å². The number of carbonyl (C=O) groups excluding carboxylic acids is 1. The van der Waals surface area contributed by atoms with Gasteiger partial charge in [0.05, 0.1) is 12.7 Å². The fourth-order valence-electron chi connectivity index (χ4n) is 1.95. The summed E-state index contributed by atoms with van der Waals surface area (Å²) in [4.78, 5) is 12.2. The van der Waals surface area contributed by atoms with Gasteiger partial charge in [0.2, 0.25) is 0 Å². The Morgan fingerprint density at radius 3 is 2.62 bits per heavy atom. The number of phenols is 1. The number of rotatable bonds is 5. The molecule has 2 aromatic carbocycles. The second-order valence-corrected chi connectivity index (χ2v) is 4.35. The number of hydrogen-bond donors (Lipinski definition) is 2. The monoisotopic (exact) mass is 288 g/mol. The molecule has 0 saturated carbocycles. The third-order valence-electron chi connectivity index (χ3n) is 2.98. The van der Waals surface area contributed by atoms with Gasteiger partial charge in [-0.15, -0.1) is 0 Å². The Morgan fingerprint density at radius 2 is 1.95 bits per heavy atom.